The van der Waals surface area contributed by atoms with Gasteiger partial charge in [-0.2, -0.15) is 0 Å². The van der Waals surface area contributed by atoms with Crippen LogP contribution in [0.4, 0.5) is 0 Å². The second kappa shape index (κ2) is 7.92. The highest BCUT2D eigenvalue weighted by atomic mass is 16.2. The summed E-state index contributed by atoms with van der Waals surface area (Å²) in [6.07, 6.45) is 5.13. The van der Waals surface area contributed by atoms with Crippen LogP contribution in [0.1, 0.15) is 47.6 Å². The number of aryl methyl sites for hydroxylation is 2. The normalized spacial score (nSPS) is 19.8. The highest BCUT2D eigenvalue weighted by molar-refractivity contribution is 5.95. The van der Waals surface area contributed by atoms with Gasteiger partial charge in [-0.15, -0.1) is 0 Å². The van der Waals surface area contributed by atoms with Crippen LogP contribution in [-0.2, 0) is 4.79 Å². The van der Waals surface area contributed by atoms with Gasteiger partial charge in [0.15, 0.2) is 0 Å². The minimum atomic E-state index is 0.0266. The van der Waals surface area contributed by atoms with Crippen LogP contribution in [0.25, 0.3) is 0 Å². The van der Waals surface area contributed by atoms with Gasteiger partial charge in [-0.3, -0.25) is 9.59 Å². The number of hydrogen-bond donors (Lipinski definition) is 0. The van der Waals surface area contributed by atoms with E-state index in [-0.39, 0.29) is 17.2 Å². The largest absolute Gasteiger partial charge is 0.341 e. The molecule has 3 heterocycles. The number of aromatic nitrogens is 2. The third kappa shape index (κ3) is 4.46. The first-order chi connectivity index (χ1) is 12.8. The van der Waals surface area contributed by atoms with Gasteiger partial charge in [0, 0.05) is 45.3 Å². The maximum atomic E-state index is 12.9. The van der Waals surface area contributed by atoms with Crippen molar-refractivity contribution in [2.75, 3.05) is 46.8 Å². The van der Waals surface area contributed by atoms with Crippen molar-refractivity contribution in [2.24, 2.45) is 5.41 Å². The zero-order valence-corrected chi connectivity index (χ0v) is 17.0. The Labute approximate surface area is 161 Å². The number of piperidine rings is 2. The Balaban J connectivity index is 1.62. The molecule has 0 radical (unpaired) electrons. The van der Waals surface area contributed by atoms with Crippen LogP contribution in [-0.4, -0.2) is 83.3 Å². The van der Waals surface area contributed by atoms with Gasteiger partial charge in [0.1, 0.15) is 5.82 Å². The van der Waals surface area contributed by atoms with Crippen LogP contribution in [0.5, 0.6) is 0 Å². The molecule has 7 heteroatoms. The lowest BCUT2D eigenvalue weighted by Crippen LogP contribution is -2.53. The van der Waals surface area contributed by atoms with E-state index in [4.69, 9.17) is 0 Å². The molecule has 2 amide bonds. The first kappa shape index (κ1) is 19.7. The van der Waals surface area contributed by atoms with Crippen molar-refractivity contribution in [2.45, 2.75) is 39.5 Å². The summed E-state index contributed by atoms with van der Waals surface area (Å²) in [6, 6.07) is 0. The fourth-order valence-corrected chi connectivity index (χ4v) is 4.18. The Morgan fingerprint density at radius 2 is 1.93 bits per heavy atom. The highest BCUT2D eigenvalue weighted by Gasteiger charge is 2.41. The molecular weight excluding hydrogens is 342 g/mol. The number of carbonyl (C=O) groups is 2. The lowest BCUT2D eigenvalue weighted by molar-refractivity contribution is -0.139. The maximum Gasteiger partial charge on any atom is 0.257 e. The van der Waals surface area contributed by atoms with E-state index in [9.17, 15) is 9.59 Å². The van der Waals surface area contributed by atoms with Gasteiger partial charge in [-0.1, -0.05) is 0 Å². The van der Waals surface area contributed by atoms with Crippen molar-refractivity contribution < 1.29 is 9.59 Å². The molecule has 0 N–H and O–H groups in total. The van der Waals surface area contributed by atoms with Crippen molar-refractivity contribution in [3.8, 4) is 0 Å². The zero-order chi connectivity index (χ0) is 19.6. The number of likely N-dealkylation sites (N-methyl/N-ethyl adjacent to an activating group) is 1. The minimum Gasteiger partial charge on any atom is -0.341 e. The average Bonchev–Trinajstić information content (AvgIpc) is 2.63. The van der Waals surface area contributed by atoms with Crippen molar-refractivity contribution in [3.63, 3.8) is 0 Å². The first-order valence-electron chi connectivity index (χ1n) is 9.82. The highest BCUT2D eigenvalue weighted by Crippen LogP contribution is 2.40. The van der Waals surface area contributed by atoms with Crippen LogP contribution in [0.3, 0.4) is 0 Å². The molecule has 7 nitrogen and oxygen atoms in total. The summed E-state index contributed by atoms with van der Waals surface area (Å²) in [5.74, 6) is 0.985. The van der Waals surface area contributed by atoms with Crippen molar-refractivity contribution in [3.05, 3.63) is 23.3 Å². The Morgan fingerprint density at radius 3 is 2.56 bits per heavy atom. The van der Waals surface area contributed by atoms with Crippen LogP contribution in [0, 0.1) is 19.3 Å². The molecule has 3 rings (SSSR count). The summed E-state index contributed by atoms with van der Waals surface area (Å²) < 4.78 is 0. The van der Waals surface area contributed by atoms with E-state index >= 15 is 0 Å². The van der Waals surface area contributed by atoms with Gasteiger partial charge in [-0.05, 0) is 52.6 Å². The molecule has 0 atom stereocenters. The third-order valence-corrected chi connectivity index (χ3v) is 6.01. The van der Waals surface area contributed by atoms with Crippen LogP contribution in [0.15, 0.2) is 6.20 Å². The molecule has 2 aliphatic heterocycles. The molecule has 2 aliphatic rings. The van der Waals surface area contributed by atoms with E-state index in [1.807, 2.05) is 37.7 Å². The zero-order valence-electron chi connectivity index (χ0n) is 17.0. The third-order valence-electron chi connectivity index (χ3n) is 6.01. The number of hydrogen-bond acceptors (Lipinski definition) is 5. The molecular formula is C20H31N5O2. The monoisotopic (exact) mass is 373 g/mol. The molecule has 2 saturated heterocycles. The molecule has 0 aliphatic carbocycles. The molecule has 2 fully saturated rings. The first-order valence-corrected chi connectivity index (χ1v) is 9.82. The topological polar surface area (TPSA) is 69.6 Å². The summed E-state index contributed by atoms with van der Waals surface area (Å²) in [5, 5.41) is 0. The Bertz CT molecular complexity index is 710. The lowest BCUT2D eigenvalue weighted by atomic mass is 9.72. The number of amides is 2. The van der Waals surface area contributed by atoms with E-state index in [1.54, 1.807) is 6.20 Å². The average molecular weight is 374 g/mol. The summed E-state index contributed by atoms with van der Waals surface area (Å²) in [4.78, 5) is 39.7. The number of carbonyl (C=O) groups excluding carboxylic acids is 2. The smallest absolute Gasteiger partial charge is 0.257 e. The fraction of sp³-hybridized carbons (Fsp3) is 0.700. The quantitative estimate of drug-likeness (QED) is 0.800. The predicted octanol–water partition coefficient (Wildman–Crippen LogP) is 1.50. The van der Waals surface area contributed by atoms with Gasteiger partial charge in [0.2, 0.25) is 5.91 Å². The van der Waals surface area contributed by atoms with Gasteiger partial charge >= 0.3 is 0 Å². The lowest BCUT2D eigenvalue weighted by Gasteiger charge is -2.47. The molecule has 27 heavy (non-hydrogen) atoms. The number of nitrogens with zero attached hydrogens (tertiary/aromatic N) is 5. The second-order valence-electron chi connectivity index (χ2n) is 8.33. The standard InChI is InChI=1S/C20H31N5O2/c1-15-17(13-21-16(2)22-15)19(27)24-9-7-20(8-10-24)6-5-18(26)25(14-20)12-11-23(3)4/h13H,5-12,14H2,1-4H3. The molecule has 0 saturated carbocycles. The van der Waals surface area contributed by atoms with E-state index in [0.717, 1.165) is 57.7 Å². The van der Waals surface area contributed by atoms with Crippen LogP contribution < -0.4 is 0 Å². The van der Waals surface area contributed by atoms with E-state index in [0.29, 0.717) is 17.8 Å². The molecule has 0 aromatic carbocycles. The summed E-state index contributed by atoms with van der Waals surface area (Å²) in [6.45, 7) is 7.68. The number of likely N-dealkylation sites (tertiary alicyclic amines) is 2. The second-order valence-corrected chi connectivity index (χ2v) is 8.33. The van der Waals surface area contributed by atoms with Gasteiger partial charge < -0.3 is 14.7 Å². The van der Waals surface area contributed by atoms with Crippen molar-refractivity contribution in [1.82, 2.24) is 24.7 Å². The summed E-state index contributed by atoms with van der Waals surface area (Å²) in [7, 11) is 4.07. The Kier molecular flexibility index (Phi) is 5.79. The Hall–Kier alpha value is -2.02. The van der Waals surface area contributed by atoms with E-state index < -0.39 is 0 Å². The molecule has 0 bridgehead atoms. The van der Waals surface area contributed by atoms with Gasteiger partial charge in [-0.25, -0.2) is 9.97 Å². The summed E-state index contributed by atoms with van der Waals surface area (Å²) >= 11 is 0. The molecule has 1 aromatic heterocycles. The van der Waals surface area contributed by atoms with Crippen molar-refractivity contribution in [1.29, 1.82) is 0 Å². The maximum absolute atomic E-state index is 12.9. The number of rotatable bonds is 4. The molecule has 0 unspecified atom stereocenters. The van der Waals surface area contributed by atoms with Crippen LogP contribution >= 0.6 is 0 Å². The fourth-order valence-electron chi connectivity index (χ4n) is 4.18. The molecule has 148 valence electrons. The van der Waals surface area contributed by atoms with E-state index in [2.05, 4.69) is 14.9 Å². The SMILES string of the molecule is Cc1ncc(C(=O)N2CCC3(CCC(=O)N(CCN(C)C)C3)CC2)c(C)n1. The predicted molar refractivity (Wildman–Crippen MR) is 103 cm³/mol. The van der Waals surface area contributed by atoms with Crippen LogP contribution in [0.2, 0.25) is 0 Å². The molecule has 1 aromatic rings. The van der Waals surface area contributed by atoms with E-state index in [1.165, 1.54) is 0 Å². The Morgan fingerprint density at radius 1 is 1.22 bits per heavy atom. The minimum absolute atomic E-state index is 0.0266. The molecule has 1 spiro atoms. The van der Waals surface area contributed by atoms with Gasteiger partial charge in [0.05, 0.1) is 11.3 Å². The van der Waals surface area contributed by atoms with Crippen molar-refractivity contribution >= 4 is 11.8 Å². The summed E-state index contributed by atoms with van der Waals surface area (Å²) in [5.41, 5.74) is 1.50. The van der Waals surface area contributed by atoms with Gasteiger partial charge in [0.25, 0.3) is 5.91 Å².